The van der Waals surface area contributed by atoms with Crippen LogP contribution in [-0.4, -0.2) is 35.5 Å². The topological polar surface area (TPSA) is 105 Å². The number of rotatable bonds is 5. The van der Waals surface area contributed by atoms with Gasteiger partial charge in [0.1, 0.15) is 6.33 Å². The molecular formula is C15H15N5O3S. The third kappa shape index (κ3) is 3.12. The number of hydrogen-bond donors (Lipinski definition) is 2. The van der Waals surface area contributed by atoms with Crippen molar-refractivity contribution in [2.45, 2.75) is 11.8 Å². The number of carbonyl (C=O) groups excluding carboxylic acids is 1. The molecule has 2 aromatic heterocycles. The molecule has 1 aromatic carbocycles. The zero-order valence-corrected chi connectivity index (χ0v) is 13.6. The quantitative estimate of drug-likeness (QED) is 0.725. The van der Waals surface area contributed by atoms with Gasteiger partial charge in [-0.05, 0) is 30.3 Å². The molecule has 0 aliphatic rings. The van der Waals surface area contributed by atoms with Crippen molar-refractivity contribution in [3.63, 3.8) is 0 Å². The van der Waals surface area contributed by atoms with E-state index in [1.165, 1.54) is 24.5 Å². The van der Waals surface area contributed by atoms with Crippen molar-refractivity contribution < 1.29 is 13.2 Å². The average Bonchev–Trinajstić information content (AvgIpc) is 3.04. The molecule has 0 bridgehead atoms. The molecule has 3 aromatic rings. The monoisotopic (exact) mass is 345 g/mol. The first-order valence-electron chi connectivity index (χ1n) is 7.20. The molecule has 0 aliphatic carbocycles. The van der Waals surface area contributed by atoms with Crippen LogP contribution in [0.5, 0.6) is 0 Å². The highest BCUT2D eigenvalue weighted by molar-refractivity contribution is 7.89. The Morgan fingerprint density at radius 2 is 2.08 bits per heavy atom. The second-order valence-electron chi connectivity index (χ2n) is 4.97. The van der Waals surface area contributed by atoms with E-state index in [1.807, 2.05) is 0 Å². The minimum atomic E-state index is -3.62. The molecule has 1 amide bonds. The number of fused-ring (bicyclic) bond motifs is 1. The highest BCUT2D eigenvalue weighted by atomic mass is 32.2. The van der Waals surface area contributed by atoms with Gasteiger partial charge in [0.15, 0.2) is 5.65 Å². The third-order valence-corrected chi connectivity index (χ3v) is 4.86. The lowest BCUT2D eigenvalue weighted by Gasteiger charge is -2.08. The predicted octanol–water partition coefficient (Wildman–Crippen LogP) is 1.28. The van der Waals surface area contributed by atoms with Gasteiger partial charge in [-0.1, -0.05) is 13.0 Å². The molecule has 0 aliphatic heterocycles. The molecule has 0 saturated heterocycles. The molecule has 3 rings (SSSR count). The third-order valence-electron chi connectivity index (χ3n) is 3.31. The van der Waals surface area contributed by atoms with Gasteiger partial charge in [-0.3, -0.25) is 9.20 Å². The molecule has 124 valence electrons. The largest absolute Gasteiger partial charge is 0.319 e. The maximum absolute atomic E-state index is 12.4. The Morgan fingerprint density at radius 1 is 1.25 bits per heavy atom. The molecule has 0 unspecified atom stereocenters. The smallest absolute Gasteiger partial charge is 0.255 e. The summed E-state index contributed by atoms with van der Waals surface area (Å²) in [5, 5.41) is 10.4. The molecule has 2 N–H and O–H groups in total. The van der Waals surface area contributed by atoms with Crippen LogP contribution in [-0.2, 0) is 10.0 Å². The van der Waals surface area contributed by atoms with E-state index in [9.17, 15) is 13.2 Å². The number of sulfonamides is 1. The Morgan fingerprint density at radius 3 is 2.88 bits per heavy atom. The number of pyridine rings is 1. The summed E-state index contributed by atoms with van der Waals surface area (Å²) in [6, 6.07) is 9.28. The predicted molar refractivity (Wildman–Crippen MR) is 88.2 cm³/mol. The Kier molecular flexibility index (Phi) is 4.28. The lowest BCUT2D eigenvalue weighted by atomic mass is 10.2. The number of benzene rings is 1. The lowest BCUT2D eigenvalue weighted by molar-refractivity contribution is 0.102. The first-order valence-corrected chi connectivity index (χ1v) is 8.69. The molecular weight excluding hydrogens is 330 g/mol. The van der Waals surface area contributed by atoms with Crippen molar-refractivity contribution in [1.29, 1.82) is 0 Å². The van der Waals surface area contributed by atoms with Gasteiger partial charge < -0.3 is 5.32 Å². The minimum Gasteiger partial charge on any atom is -0.319 e. The average molecular weight is 345 g/mol. The van der Waals surface area contributed by atoms with Gasteiger partial charge >= 0.3 is 0 Å². The number of anilines is 1. The number of nitrogens with zero attached hydrogens (tertiary/aromatic N) is 3. The van der Waals surface area contributed by atoms with Crippen molar-refractivity contribution in [1.82, 2.24) is 19.3 Å². The molecule has 9 heteroatoms. The van der Waals surface area contributed by atoms with E-state index in [1.54, 1.807) is 35.7 Å². The van der Waals surface area contributed by atoms with E-state index in [2.05, 4.69) is 20.2 Å². The fourth-order valence-electron chi connectivity index (χ4n) is 2.22. The Balaban J connectivity index is 1.90. The molecule has 24 heavy (non-hydrogen) atoms. The normalized spacial score (nSPS) is 11.5. The summed E-state index contributed by atoms with van der Waals surface area (Å²) < 4.78 is 28.1. The van der Waals surface area contributed by atoms with Crippen LogP contribution in [0.3, 0.4) is 0 Å². The molecule has 0 radical (unpaired) electrons. The van der Waals surface area contributed by atoms with Crippen molar-refractivity contribution in [2.24, 2.45) is 0 Å². The fraction of sp³-hybridized carbons (Fsp3) is 0.133. The van der Waals surface area contributed by atoms with Crippen molar-refractivity contribution in [3.05, 3.63) is 54.5 Å². The van der Waals surface area contributed by atoms with E-state index in [0.717, 1.165) is 0 Å². The fourth-order valence-corrected chi connectivity index (χ4v) is 3.31. The summed E-state index contributed by atoms with van der Waals surface area (Å²) in [6.07, 6.45) is 3.28. The molecule has 0 fully saturated rings. The van der Waals surface area contributed by atoms with Crippen LogP contribution in [0, 0.1) is 0 Å². The van der Waals surface area contributed by atoms with Gasteiger partial charge in [-0.15, -0.1) is 10.2 Å². The number of carbonyl (C=O) groups is 1. The van der Waals surface area contributed by atoms with E-state index >= 15 is 0 Å². The highest BCUT2D eigenvalue weighted by Gasteiger charge is 2.16. The molecule has 0 atom stereocenters. The number of aromatic nitrogens is 3. The van der Waals surface area contributed by atoms with E-state index in [4.69, 9.17) is 0 Å². The number of nitrogens with one attached hydrogen (secondary N) is 2. The van der Waals surface area contributed by atoms with Gasteiger partial charge in [0.25, 0.3) is 5.91 Å². The van der Waals surface area contributed by atoms with Crippen molar-refractivity contribution in [3.8, 4) is 0 Å². The highest BCUT2D eigenvalue weighted by Crippen LogP contribution is 2.17. The Hall–Kier alpha value is -2.78. The van der Waals surface area contributed by atoms with Crippen molar-refractivity contribution >= 4 is 27.3 Å². The summed E-state index contributed by atoms with van der Waals surface area (Å²) in [5.74, 6) is -0.431. The van der Waals surface area contributed by atoms with Crippen LogP contribution >= 0.6 is 0 Å². The minimum absolute atomic E-state index is 0.0395. The zero-order valence-electron chi connectivity index (χ0n) is 12.8. The molecule has 2 heterocycles. The van der Waals surface area contributed by atoms with Crippen LogP contribution < -0.4 is 10.0 Å². The van der Waals surface area contributed by atoms with Crippen LogP contribution in [0.2, 0.25) is 0 Å². The summed E-state index contributed by atoms with van der Waals surface area (Å²) in [5.41, 5.74) is 1.22. The van der Waals surface area contributed by atoms with Gasteiger partial charge in [-0.2, -0.15) is 0 Å². The summed E-state index contributed by atoms with van der Waals surface area (Å²) in [7, 11) is -3.62. The Bertz CT molecular complexity index is 997. The number of amides is 1. The van der Waals surface area contributed by atoms with Gasteiger partial charge in [0, 0.05) is 18.3 Å². The maximum Gasteiger partial charge on any atom is 0.255 e. The Labute approximate surface area is 138 Å². The van der Waals surface area contributed by atoms with Gasteiger partial charge in [0.2, 0.25) is 10.0 Å². The van der Waals surface area contributed by atoms with Crippen molar-refractivity contribution in [2.75, 3.05) is 11.9 Å². The molecule has 8 nitrogen and oxygen atoms in total. The molecule has 0 saturated carbocycles. The van der Waals surface area contributed by atoms with Crippen LogP contribution in [0.25, 0.3) is 5.65 Å². The maximum atomic E-state index is 12.4. The van der Waals surface area contributed by atoms with Crippen LogP contribution in [0.15, 0.2) is 53.8 Å². The van der Waals surface area contributed by atoms with E-state index in [0.29, 0.717) is 11.3 Å². The van der Waals surface area contributed by atoms with Gasteiger partial charge in [0.05, 0.1) is 10.6 Å². The first kappa shape index (κ1) is 16.1. The molecule has 0 spiro atoms. The van der Waals surface area contributed by atoms with Crippen LogP contribution in [0.1, 0.15) is 17.3 Å². The van der Waals surface area contributed by atoms with E-state index < -0.39 is 15.9 Å². The van der Waals surface area contributed by atoms with E-state index in [-0.39, 0.29) is 17.0 Å². The summed E-state index contributed by atoms with van der Waals surface area (Å²) >= 11 is 0. The number of hydrogen-bond acceptors (Lipinski definition) is 5. The second kappa shape index (κ2) is 6.38. The van der Waals surface area contributed by atoms with Crippen LogP contribution in [0.4, 0.5) is 5.69 Å². The van der Waals surface area contributed by atoms with Gasteiger partial charge in [-0.25, -0.2) is 13.1 Å². The zero-order chi connectivity index (χ0) is 17.2. The lowest BCUT2D eigenvalue weighted by Crippen LogP contribution is -2.23. The summed E-state index contributed by atoms with van der Waals surface area (Å²) in [6.45, 7) is 1.96. The SMILES string of the molecule is CCNS(=O)(=O)c1cccc(C(=O)Nc2cccn3cnnc23)c1. The standard InChI is InChI=1S/C15H15N5O3S/c1-2-17-24(22,23)12-6-3-5-11(9-12)15(21)18-13-7-4-8-20-10-16-19-14(13)20/h3-10,17H,2H2,1H3,(H,18,21). The summed E-state index contributed by atoms with van der Waals surface area (Å²) in [4.78, 5) is 12.5. The first-order chi connectivity index (χ1) is 11.5. The second-order valence-corrected chi connectivity index (χ2v) is 6.73.